The molecule has 0 bridgehead atoms. The van der Waals surface area contributed by atoms with E-state index in [9.17, 15) is 14.2 Å². The van der Waals surface area contributed by atoms with Gasteiger partial charge in [0.25, 0.3) is 0 Å². The van der Waals surface area contributed by atoms with Gasteiger partial charge in [-0.05, 0) is 49.1 Å². The highest BCUT2D eigenvalue weighted by molar-refractivity contribution is 6.45. The van der Waals surface area contributed by atoms with E-state index in [2.05, 4.69) is 0 Å². The zero-order chi connectivity index (χ0) is 20.3. The highest BCUT2D eigenvalue weighted by atomic mass is 19.1. The van der Waals surface area contributed by atoms with E-state index in [4.69, 9.17) is 4.74 Å². The predicted molar refractivity (Wildman–Crippen MR) is 110 cm³/mol. The summed E-state index contributed by atoms with van der Waals surface area (Å²) in [6.45, 7) is 7.51. The number of halogens is 1. The number of rotatable bonds is 7. The number of anilines is 1. The molecule has 5 nitrogen and oxygen atoms in total. The number of cyclic esters (lactones) is 1. The second-order valence-corrected chi connectivity index (χ2v) is 7.08. The molecule has 7 heteroatoms. The van der Waals surface area contributed by atoms with Gasteiger partial charge in [0.1, 0.15) is 11.9 Å². The molecule has 148 valence electrons. The normalized spacial score (nSPS) is 16.6. The van der Waals surface area contributed by atoms with E-state index in [1.165, 1.54) is 11.0 Å². The van der Waals surface area contributed by atoms with Crippen LogP contribution >= 0.6 is 0 Å². The molecule has 1 fully saturated rings. The van der Waals surface area contributed by atoms with Crippen LogP contribution in [0.2, 0.25) is 6.82 Å². The minimum Gasteiger partial charge on any atom is -0.444 e. The van der Waals surface area contributed by atoms with Crippen LogP contribution in [-0.2, 0) is 11.3 Å². The average molecular weight is 384 g/mol. The molecule has 1 saturated heterocycles. The second kappa shape index (κ2) is 8.75. The molecular weight excluding hydrogens is 358 g/mol. The van der Waals surface area contributed by atoms with Gasteiger partial charge in [0, 0.05) is 12.1 Å². The molecule has 28 heavy (non-hydrogen) atoms. The number of nitrogens with zero attached hydrogens (tertiary/aromatic N) is 2. The van der Waals surface area contributed by atoms with Crippen molar-refractivity contribution >= 4 is 18.8 Å². The van der Waals surface area contributed by atoms with E-state index in [-0.39, 0.29) is 11.9 Å². The largest absolute Gasteiger partial charge is 0.444 e. The third-order valence-corrected chi connectivity index (χ3v) is 5.18. The standard InChI is InChI=1S/C21H26BFN2O3/c1-4-18-14-25(21(26)28-18)17-10-11-19(20(23)12-17)16-8-6-15(7-9-16)13-24(5-2)22(3)27/h6-12,18,27H,4-5,13-14H2,1-3H3/t18-/m0/s1. The van der Waals surface area contributed by atoms with Crippen molar-refractivity contribution in [1.82, 2.24) is 4.81 Å². The summed E-state index contributed by atoms with van der Waals surface area (Å²) in [4.78, 5) is 15.4. The van der Waals surface area contributed by atoms with Gasteiger partial charge in [0.15, 0.2) is 0 Å². The third-order valence-electron chi connectivity index (χ3n) is 5.18. The molecule has 0 aliphatic carbocycles. The summed E-state index contributed by atoms with van der Waals surface area (Å²) in [7, 11) is -0.515. The average Bonchev–Trinajstić information content (AvgIpc) is 3.07. The van der Waals surface area contributed by atoms with Crippen LogP contribution in [0.1, 0.15) is 25.8 Å². The first-order valence-electron chi connectivity index (χ1n) is 9.72. The van der Waals surface area contributed by atoms with Gasteiger partial charge in [-0.15, -0.1) is 0 Å². The SMILES string of the molecule is CC[C@H]1CN(c2ccc(-c3ccc(CN(CC)B(C)O)cc3)c(F)c2)C(=O)O1. The van der Waals surface area contributed by atoms with Crippen LogP contribution in [0.5, 0.6) is 0 Å². The molecule has 2 aromatic rings. The molecule has 1 N–H and O–H groups in total. The van der Waals surface area contributed by atoms with Crippen LogP contribution in [0, 0.1) is 5.82 Å². The summed E-state index contributed by atoms with van der Waals surface area (Å²) < 4.78 is 20.0. The Morgan fingerprint density at radius 2 is 1.96 bits per heavy atom. The van der Waals surface area contributed by atoms with Gasteiger partial charge in [-0.3, -0.25) is 4.90 Å². The number of amides is 1. The lowest BCUT2D eigenvalue weighted by Gasteiger charge is -2.21. The molecule has 0 saturated carbocycles. The lowest BCUT2D eigenvalue weighted by atomic mass is 9.84. The first-order valence-corrected chi connectivity index (χ1v) is 9.72. The van der Waals surface area contributed by atoms with Crippen molar-refractivity contribution in [3.05, 3.63) is 53.8 Å². The van der Waals surface area contributed by atoms with Gasteiger partial charge >= 0.3 is 13.1 Å². The van der Waals surface area contributed by atoms with Crippen molar-refractivity contribution < 1.29 is 18.9 Å². The highest BCUT2D eigenvalue weighted by Gasteiger charge is 2.31. The fourth-order valence-electron chi connectivity index (χ4n) is 3.38. The Balaban J connectivity index is 1.76. The smallest absolute Gasteiger partial charge is 0.414 e. The van der Waals surface area contributed by atoms with Crippen molar-refractivity contribution in [2.45, 2.75) is 39.7 Å². The fourth-order valence-corrected chi connectivity index (χ4v) is 3.38. The van der Waals surface area contributed by atoms with Crippen molar-refractivity contribution in [3.8, 4) is 11.1 Å². The van der Waals surface area contributed by atoms with Crippen molar-refractivity contribution in [2.75, 3.05) is 18.0 Å². The van der Waals surface area contributed by atoms with Crippen LogP contribution in [-0.4, -0.2) is 42.2 Å². The van der Waals surface area contributed by atoms with Crippen molar-refractivity contribution in [3.63, 3.8) is 0 Å². The zero-order valence-electron chi connectivity index (χ0n) is 16.6. The number of ether oxygens (including phenoxy) is 1. The monoisotopic (exact) mass is 384 g/mol. The van der Waals surface area contributed by atoms with Gasteiger partial charge in [0.2, 0.25) is 0 Å². The van der Waals surface area contributed by atoms with Gasteiger partial charge < -0.3 is 14.6 Å². The first-order chi connectivity index (χ1) is 13.4. The predicted octanol–water partition coefficient (Wildman–Crippen LogP) is 4.16. The Labute approximate surface area is 165 Å². The summed E-state index contributed by atoms with van der Waals surface area (Å²) in [5, 5.41) is 9.75. The summed E-state index contributed by atoms with van der Waals surface area (Å²) in [6.07, 6.45) is 0.161. The van der Waals surface area contributed by atoms with Crippen LogP contribution in [0.15, 0.2) is 42.5 Å². The Hall–Kier alpha value is -2.38. The van der Waals surface area contributed by atoms with E-state index >= 15 is 0 Å². The van der Waals surface area contributed by atoms with Crippen LogP contribution in [0.4, 0.5) is 14.9 Å². The summed E-state index contributed by atoms with van der Waals surface area (Å²) in [5.74, 6) is -0.378. The molecule has 1 aliphatic heterocycles. The molecule has 3 rings (SSSR count). The van der Waals surface area contributed by atoms with E-state index in [1.54, 1.807) is 19.0 Å². The Morgan fingerprint density at radius 1 is 1.25 bits per heavy atom. The molecular formula is C21H26BFN2O3. The lowest BCUT2D eigenvalue weighted by Crippen LogP contribution is -2.36. The topological polar surface area (TPSA) is 53.0 Å². The number of benzene rings is 2. The summed E-state index contributed by atoms with van der Waals surface area (Å²) >= 11 is 0. The van der Waals surface area contributed by atoms with Crippen molar-refractivity contribution in [2.24, 2.45) is 0 Å². The maximum absolute atomic E-state index is 14.7. The lowest BCUT2D eigenvalue weighted by molar-refractivity contribution is 0.139. The maximum Gasteiger partial charge on any atom is 0.414 e. The molecule has 0 spiro atoms. The molecule has 0 unspecified atom stereocenters. The quantitative estimate of drug-likeness (QED) is 0.729. The van der Waals surface area contributed by atoms with Gasteiger partial charge in [-0.25, -0.2) is 9.18 Å². The van der Waals surface area contributed by atoms with E-state index in [0.29, 0.717) is 24.3 Å². The highest BCUT2D eigenvalue weighted by Crippen LogP contribution is 2.29. The van der Waals surface area contributed by atoms with Gasteiger partial charge in [0.05, 0.1) is 12.2 Å². The summed E-state index contributed by atoms with van der Waals surface area (Å²) in [6, 6.07) is 12.5. The zero-order valence-corrected chi connectivity index (χ0v) is 16.6. The first kappa shape index (κ1) is 20.4. The van der Waals surface area contributed by atoms with E-state index in [0.717, 1.165) is 24.1 Å². The number of hydrogen-bond acceptors (Lipinski definition) is 4. The molecule has 2 aromatic carbocycles. The molecule has 0 aromatic heterocycles. The molecule has 0 radical (unpaired) electrons. The molecule has 1 heterocycles. The summed E-state index contributed by atoms with van der Waals surface area (Å²) in [5.41, 5.74) is 2.81. The Bertz CT molecular complexity index is 829. The van der Waals surface area contributed by atoms with Crippen LogP contribution in [0.25, 0.3) is 11.1 Å². The minimum atomic E-state index is -0.515. The van der Waals surface area contributed by atoms with E-state index in [1.807, 2.05) is 42.9 Å². The van der Waals surface area contributed by atoms with E-state index < -0.39 is 13.1 Å². The van der Waals surface area contributed by atoms with Gasteiger partial charge in [-0.1, -0.05) is 38.1 Å². The maximum atomic E-state index is 14.7. The second-order valence-electron chi connectivity index (χ2n) is 7.08. The minimum absolute atomic E-state index is 0.146. The number of hydrogen-bond donors (Lipinski definition) is 1. The van der Waals surface area contributed by atoms with Gasteiger partial charge in [-0.2, -0.15) is 0 Å². The Morgan fingerprint density at radius 3 is 2.50 bits per heavy atom. The molecule has 1 amide bonds. The van der Waals surface area contributed by atoms with Crippen LogP contribution in [0.3, 0.4) is 0 Å². The third kappa shape index (κ3) is 4.37. The number of carbonyl (C=O) groups is 1. The molecule has 1 atom stereocenters. The van der Waals surface area contributed by atoms with Crippen molar-refractivity contribution in [1.29, 1.82) is 0 Å². The fraction of sp³-hybridized carbons (Fsp3) is 0.381. The Kier molecular flexibility index (Phi) is 6.37. The number of carbonyl (C=O) groups excluding carboxylic acids is 1. The molecule has 1 aliphatic rings. The van der Waals surface area contributed by atoms with Crippen LogP contribution < -0.4 is 4.90 Å².